The smallest absolute Gasteiger partial charge is 0.248 e. The van der Waals surface area contributed by atoms with E-state index in [1.54, 1.807) is 6.92 Å². The Morgan fingerprint density at radius 3 is 2.69 bits per heavy atom. The summed E-state index contributed by atoms with van der Waals surface area (Å²) < 4.78 is 29.8. The number of hydrogen-bond donors (Lipinski definition) is 1. The Kier molecular flexibility index (Phi) is 4.80. The van der Waals surface area contributed by atoms with Crippen LogP contribution in [-0.4, -0.2) is 29.7 Å². The van der Waals surface area contributed by atoms with Gasteiger partial charge in [0.1, 0.15) is 5.78 Å². The van der Waals surface area contributed by atoms with E-state index in [-0.39, 0.29) is 37.4 Å². The van der Waals surface area contributed by atoms with Crippen molar-refractivity contribution in [3.05, 3.63) is 0 Å². The van der Waals surface area contributed by atoms with Crippen LogP contribution < -0.4 is 0 Å². The van der Waals surface area contributed by atoms with Gasteiger partial charge in [-0.3, -0.25) is 4.79 Å². The number of alkyl halides is 2. The lowest BCUT2D eigenvalue weighted by Gasteiger charge is -2.34. The van der Waals surface area contributed by atoms with Crippen LogP contribution in [0.5, 0.6) is 0 Å². The highest BCUT2D eigenvalue weighted by Gasteiger charge is 2.44. The van der Waals surface area contributed by atoms with Gasteiger partial charge in [-0.1, -0.05) is 0 Å². The van der Waals surface area contributed by atoms with Crippen molar-refractivity contribution in [1.82, 2.24) is 0 Å². The van der Waals surface area contributed by atoms with Gasteiger partial charge in [0.05, 0.1) is 6.42 Å². The molecule has 1 N–H and O–H groups in total. The van der Waals surface area contributed by atoms with Gasteiger partial charge in [0, 0.05) is 25.9 Å². The van der Waals surface area contributed by atoms with E-state index in [0.29, 0.717) is 13.0 Å². The third-order valence-electron chi connectivity index (χ3n) is 2.77. The normalized spacial score (nSPS) is 21.5. The van der Waals surface area contributed by atoms with Gasteiger partial charge in [0.15, 0.2) is 6.29 Å². The monoisotopic (exact) mass is 236 g/mol. The van der Waals surface area contributed by atoms with Gasteiger partial charge in [0.2, 0.25) is 5.92 Å². The number of hydrogen-bond acceptors (Lipinski definition) is 3. The summed E-state index contributed by atoms with van der Waals surface area (Å²) in [5.74, 6) is -2.68. The molecule has 1 rings (SSSR count). The van der Waals surface area contributed by atoms with Gasteiger partial charge in [-0.25, -0.2) is 8.78 Å². The molecule has 1 saturated carbocycles. The lowest BCUT2D eigenvalue weighted by atomic mass is 9.78. The molecule has 1 unspecified atom stereocenters. The molecule has 94 valence electrons. The average Bonchev–Trinajstić information content (AvgIpc) is 2.11. The fourth-order valence-electron chi connectivity index (χ4n) is 1.90. The average molecular weight is 236 g/mol. The predicted molar refractivity (Wildman–Crippen MR) is 54.2 cm³/mol. The minimum Gasteiger partial charge on any atom is -0.368 e. The van der Waals surface area contributed by atoms with Crippen LogP contribution in [0.3, 0.4) is 0 Å². The van der Waals surface area contributed by atoms with E-state index in [9.17, 15) is 18.7 Å². The summed E-state index contributed by atoms with van der Waals surface area (Å²) in [7, 11) is 0. The van der Waals surface area contributed by atoms with E-state index in [2.05, 4.69) is 0 Å². The maximum atomic E-state index is 12.5. The zero-order valence-corrected chi connectivity index (χ0v) is 9.42. The Balaban J connectivity index is 2.07. The van der Waals surface area contributed by atoms with Gasteiger partial charge in [0.25, 0.3) is 0 Å². The summed E-state index contributed by atoms with van der Waals surface area (Å²) in [5.41, 5.74) is 0. The molecule has 0 amide bonds. The third kappa shape index (κ3) is 4.53. The topological polar surface area (TPSA) is 46.5 Å². The molecule has 5 heteroatoms. The lowest BCUT2D eigenvalue weighted by molar-refractivity contribution is -0.138. The molecule has 0 aromatic rings. The highest BCUT2D eigenvalue weighted by atomic mass is 19.3. The number of halogens is 2. The molecule has 1 fully saturated rings. The molecule has 1 aliphatic carbocycles. The summed E-state index contributed by atoms with van der Waals surface area (Å²) in [4.78, 5) is 11.3. The van der Waals surface area contributed by atoms with Gasteiger partial charge in [-0.2, -0.15) is 0 Å². The number of Topliss-reactive ketones (excluding diaryl/α,β-unsaturated/α-hetero) is 1. The minimum atomic E-state index is -2.52. The van der Waals surface area contributed by atoms with Crippen molar-refractivity contribution < 1.29 is 23.4 Å². The van der Waals surface area contributed by atoms with Crippen LogP contribution in [0, 0.1) is 5.92 Å². The van der Waals surface area contributed by atoms with Crippen LogP contribution in [-0.2, 0) is 9.53 Å². The van der Waals surface area contributed by atoms with Crippen molar-refractivity contribution in [3.63, 3.8) is 0 Å². The molecule has 1 aliphatic rings. The summed E-state index contributed by atoms with van der Waals surface area (Å²) in [5, 5.41) is 9.18. The third-order valence-corrected chi connectivity index (χ3v) is 2.77. The van der Waals surface area contributed by atoms with Crippen molar-refractivity contribution in [2.45, 2.75) is 51.2 Å². The van der Waals surface area contributed by atoms with Crippen LogP contribution in [0.25, 0.3) is 0 Å². The number of carbonyl (C=O) groups is 1. The van der Waals surface area contributed by atoms with Crippen LogP contribution in [0.4, 0.5) is 8.78 Å². The second-order valence-corrected chi connectivity index (χ2v) is 4.32. The second-order valence-electron chi connectivity index (χ2n) is 4.32. The zero-order chi connectivity index (χ0) is 12.2. The van der Waals surface area contributed by atoms with E-state index in [1.807, 2.05) is 0 Å². The number of aliphatic hydroxyl groups excluding tert-OH is 1. The van der Waals surface area contributed by atoms with E-state index in [0.717, 1.165) is 0 Å². The standard InChI is InChI=1S/C11H18F2O3/c1-2-16-10(15)5-9(14)4-3-8-6-11(12,13)7-8/h8,10,15H,2-7H2,1H3. The van der Waals surface area contributed by atoms with Crippen LogP contribution in [0.1, 0.15) is 39.0 Å². The van der Waals surface area contributed by atoms with Crippen LogP contribution >= 0.6 is 0 Å². The maximum Gasteiger partial charge on any atom is 0.248 e. The first-order chi connectivity index (χ1) is 7.43. The van der Waals surface area contributed by atoms with E-state index >= 15 is 0 Å². The van der Waals surface area contributed by atoms with E-state index in [4.69, 9.17) is 4.74 Å². The van der Waals surface area contributed by atoms with Crippen LogP contribution in [0.2, 0.25) is 0 Å². The summed E-state index contributed by atoms with van der Waals surface area (Å²) in [6, 6.07) is 0. The van der Waals surface area contributed by atoms with Crippen molar-refractivity contribution in [3.8, 4) is 0 Å². The molecule has 16 heavy (non-hydrogen) atoms. The van der Waals surface area contributed by atoms with E-state index in [1.165, 1.54) is 0 Å². The number of rotatable bonds is 7. The fraction of sp³-hybridized carbons (Fsp3) is 0.909. The second kappa shape index (κ2) is 5.68. The minimum absolute atomic E-state index is 0.0387. The molecule has 0 bridgehead atoms. The molecular formula is C11H18F2O3. The quantitative estimate of drug-likeness (QED) is 0.689. The highest BCUT2D eigenvalue weighted by molar-refractivity contribution is 5.78. The first-order valence-corrected chi connectivity index (χ1v) is 5.62. The van der Waals surface area contributed by atoms with Gasteiger partial charge in [-0.15, -0.1) is 0 Å². The zero-order valence-electron chi connectivity index (χ0n) is 9.42. The lowest BCUT2D eigenvalue weighted by Crippen LogP contribution is -2.35. The first-order valence-electron chi connectivity index (χ1n) is 5.62. The summed E-state index contributed by atoms with van der Waals surface area (Å²) in [6.45, 7) is 2.08. The number of ether oxygens (including phenoxy) is 1. The molecule has 0 spiro atoms. The SMILES string of the molecule is CCOC(O)CC(=O)CCC1CC(F)(F)C1. The molecule has 0 radical (unpaired) electrons. The van der Waals surface area contributed by atoms with Gasteiger partial charge < -0.3 is 9.84 Å². The Morgan fingerprint density at radius 2 is 2.19 bits per heavy atom. The van der Waals surface area contributed by atoms with Crippen LogP contribution in [0.15, 0.2) is 0 Å². The molecule has 3 nitrogen and oxygen atoms in total. The number of aliphatic hydroxyl groups is 1. The molecule has 0 aliphatic heterocycles. The van der Waals surface area contributed by atoms with Gasteiger partial charge in [-0.05, 0) is 19.3 Å². The van der Waals surface area contributed by atoms with E-state index < -0.39 is 12.2 Å². The largest absolute Gasteiger partial charge is 0.368 e. The Labute approximate surface area is 93.8 Å². The fourth-order valence-corrected chi connectivity index (χ4v) is 1.90. The van der Waals surface area contributed by atoms with Crippen molar-refractivity contribution >= 4 is 5.78 Å². The number of carbonyl (C=O) groups excluding carboxylic acids is 1. The highest BCUT2D eigenvalue weighted by Crippen LogP contribution is 2.44. The van der Waals surface area contributed by atoms with Crippen molar-refractivity contribution in [2.75, 3.05) is 6.61 Å². The number of ketones is 1. The molecule has 0 heterocycles. The molecule has 0 saturated heterocycles. The van der Waals surface area contributed by atoms with Crippen molar-refractivity contribution in [2.24, 2.45) is 5.92 Å². The Bertz CT molecular complexity index is 235. The maximum absolute atomic E-state index is 12.5. The summed E-state index contributed by atoms with van der Waals surface area (Å²) >= 11 is 0. The molecule has 0 aromatic heterocycles. The Hall–Kier alpha value is -0.550. The molecule has 1 atom stereocenters. The van der Waals surface area contributed by atoms with Gasteiger partial charge >= 0.3 is 0 Å². The van der Waals surface area contributed by atoms with Crippen molar-refractivity contribution in [1.29, 1.82) is 0 Å². The predicted octanol–water partition coefficient (Wildman–Crippen LogP) is 2.13. The summed E-state index contributed by atoms with van der Waals surface area (Å²) in [6.07, 6.45) is -0.558. The molecule has 0 aromatic carbocycles. The molecular weight excluding hydrogens is 218 g/mol. The first kappa shape index (κ1) is 13.5. The Morgan fingerprint density at radius 1 is 1.56 bits per heavy atom.